The summed E-state index contributed by atoms with van der Waals surface area (Å²) in [5.41, 5.74) is 5.56. The smallest absolute Gasteiger partial charge is 0.261 e. The van der Waals surface area contributed by atoms with E-state index >= 15 is 0 Å². The Labute approximate surface area is 125 Å². The minimum Gasteiger partial charge on any atom is -0.399 e. The van der Waals surface area contributed by atoms with Crippen molar-refractivity contribution in [3.8, 4) is 0 Å². The van der Waals surface area contributed by atoms with Crippen LogP contribution in [0.5, 0.6) is 0 Å². The third-order valence-electron chi connectivity index (χ3n) is 2.32. The van der Waals surface area contributed by atoms with Crippen molar-refractivity contribution < 1.29 is 12.8 Å². The van der Waals surface area contributed by atoms with Crippen LogP contribution in [0.25, 0.3) is 0 Å². The molecule has 0 saturated heterocycles. The molecule has 0 aliphatic carbocycles. The van der Waals surface area contributed by atoms with Crippen LogP contribution in [0, 0.1) is 5.82 Å². The van der Waals surface area contributed by atoms with E-state index < -0.39 is 15.8 Å². The van der Waals surface area contributed by atoms with E-state index in [0.717, 1.165) is 12.1 Å². The lowest BCUT2D eigenvalue weighted by Gasteiger charge is -2.09. The number of nitrogens with one attached hydrogen (secondary N) is 1. The van der Waals surface area contributed by atoms with E-state index in [1.54, 1.807) is 0 Å². The van der Waals surface area contributed by atoms with E-state index in [0.29, 0.717) is 0 Å². The van der Waals surface area contributed by atoms with Crippen molar-refractivity contribution in [1.82, 2.24) is 0 Å². The number of benzene rings is 2. The Balaban J connectivity index is 2.40. The molecule has 0 radical (unpaired) electrons. The summed E-state index contributed by atoms with van der Waals surface area (Å²) in [5, 5.41) is 0.355. The van der Waals surface area contributed by atoms with Crippen LogP contribution in [0.4, 0.5) is 15.8 Å². The van der Waals surface area contributed by atoms with Crippen LogP contribution in [0.1, 0.15) is 0 Å². The standard InChI is InChI=1S/C12H9Cl2FN2O2S/c13-7-1-8(14)3-12(2-7)20(18,19)17-11-5-9(15)4-10(16)6-11/h1-6,17H,16H2. The summed E-state index contributed by atoms with van der Waals surface area (Å²) in [7, 11) is -3.93. The van der Waals surface area contributed by atoms with Gasteiger partial charge in [-0.2, -0.15) is 0 Å². The SMILES string of the molecule is Nc1cc(F)cc(NS(=O)(=O)c2cc(Cl)cc(Cl)c2)c1. The number of halogens is 3. The molecular weight excluding hydrogens is 326 g/mol. The molecule has 0 aliphatic rings. The summed E-state index contributed by atoms with van der Waals surface area (Å²) in [5.74, 6) is -0.646. The van der Waals surface area contributed by atoms with Gasteiger partial charge >= 0.3 is 0 Å². The monoisotopic (exact) mass is 334 g/mol. The third-order valence-corrected chi connectivity index (χ3v) is 4.12. The van der Waals surface area contributed by atoms with Gasteiger partial charge in [0.25, 0.3) is 10.0 Å². The Kier molecular flexibility index (Phi) is 4.08. The van der Waals surface area contributed by atoms with Gasteiger partial charge in [-0.3, -0.25) is 4.72 Å². The third kappa shape index (κ3) is 3.53. The first-order valence-corrected chi connectivity index (χ1v) is 7.55. The van der Waals surface area contributed by atoms with Gasteiger partial charge in [-0.1, -0.05) is 23.2 Å². The average Bonchev–Trinajstić information content (AvgIpc) is 2.25. The predicted molar refractivity (Wildman–Crippen MR) is 78.1 cm³/mol. The molecule has 0 bridgehead atoms. The number of hydrogen-bond acceptors (Lipinski definition) is 3. The predicted octanol–water partition coefficient (Wildman–Crippen LogP) is 3.52. The van der Waals surface area contributed by atoms with Crippen LogP contribution in [0.3, 0.4) is 0 Å². The maximum Gasteiger partial charge on any atom is 0.261 e. The Morgan fingerprint density at radius 3 is 2.15 bits per heavy atom. The first kappa shape index (κ1) is 14.9. The van der Waals surface area contributed by atoms with E-state index in [1.165, 1.54) is 24.3 Å². The molecule has 2 aromatic carbocycles. The summed E-state index contributed by atoms with van der Waals surface area (Å²) >= 11 is 11.5. The molecule has 3 N–H and O–H groups in total. The van der Waals surface area contributed by atoms with Gasteiger partial charge in [-0.15, -0.1) is 0 Å². The maximum atomic E-state index is 13.2. The highest BCUT2D eigenvalue weighted by atomic mass is 35.5. The molecule has 20 heavy (non-hydrogen) atoms. The zero-order chi connectivity index (χ0) is 14.9. The highest BCUT2D eigenvalue weighted by molar-refractivity contribution is 7.92. The zero-order valence-corrected chi connectivity index (χ0v) is 12.2. The van der Waals surface area contributed by atoms with Crippen molar-refractivity contribution in [3.63, 3.8) is 0 Å². The Bertz CT molecular complexity index is 726. The van der Waals surface area contributed by atoms with Gasteiger partial charge < -0.3 is 5.73 Å². The molecule has 0 aliphatic heterocycles. The zero-order valence-electron chi connectivity index (χ0n) is 9.90. The lowest BCUT2D eigenvalue weighted by molar-refractivity contribution is 0.601. The van der Waals surface area contributed by atoms with Crippen molar-refractivity contribution >= 4 is 44.6 Å². The minimum absolute atomic E-state index is 0.0126. The molecule has 106 valence electrons. The molecule has 0 unspecified atom stereocenters. The van der Waals surface area contributed by atoms with E-state index in [-0.39, 0.29) is 26.3 Å². The summed E-state index contributed by atoms with van der Waals surface area (Å²) in [6, 6.07) is 7.26. The number of anilines is 2. The van der Waals surface area contributed by atoms with Crippen LogP contribution in [0.2, 0.25) is 10.0 Å². The van der Waals surface area contributed by atoms with E-state index in [2.05, 4.69) is 4.72 Å². The van der Waals surface area contributed by atoms with Gasteiger partial charge in [0.15, 0.2) is 0 Å². The molecule has 0 saturated carbocycles. The highest BCUT2D eigenvalue weighted by Crippen LogP contribution is 2.25. The van der Waals surface area contributed by atoms with Crippen LogP contribution < -0.4 is 10.5 Å². The van der Waals surface area contributed by atoms with E-state index in [1.807, 2.05) is 0 Å². The van der Waals surface area contributed by atoms with Crippen molar-refractivity contribution in [2.75, 3.05) is 10.5 Å². The van der Waals surface area contributed by atoms with Crippen LogP contribution in [-0.2, 0) is 10.0 Å². The van der Waals surface area contributed by atoms with Gasteiger partial charge in [-0.05, 0) is 36.4 Å². The number of nitrogens with two attached hydrogens (primary N) is 1. The maximum absolute atomic E-state index is 13.2. The fourth-order valence-electron chi connectivity index (χ4n) is 1.57. The quantitative estimate of drug-likeness (QED) is 0.843. The lowest BCUT2D eigenvalue weighted by Crippen LogP contribution is -2.13. The van der Waals surface area contributed by atoms with Crippen molar-refractivity contribution in [3.05, 3.63) is 52.3 Å². The molecule has 0 atom stereocenters. The molecule has 0 fully saturated rings. The largest absolute Gasteiger partial charge is 0.399 e. The summed E-state index contributed by atoms with van der Waals surface area (Å²) in [6.07, 6.45) is 0. The second-order valence-electron chi connectivity index (χ2n) is 3.98. The molecule has 0 spiro atoms. The van der Waals surface area contributed by atoms with E-state index in [4.69, 9.17) is 28.9 Å². The van der Waals surface area contributed by atoms with Crippen LogP contribution in [0.15, 0.2) is 41.3 Å². The second kappa shape index (κ2) is 5.47. The fourth-order valence-corrected chi connectivity index (χ4v) is 3.33. The lowest BCUT2D eigenvalue weighted by atomic mass is 10.3. The van der Waals surface area contributed by atoms with Gasteiger partial charge in [0, 0.05) is 15.7 Å². The summed E-state index contributed by atoms with van der Waals surface area (Å²) in [4.78, 5) is -0.127. The van der Waals surface area contributed by atoms with Crippen molar-refractivity contribution in [1.29, 1.82) is 0 Å². The Morgan fingerprint density at radius 1 is 1.00 bits per heavy atom. The van der Waals surface area contributed by atoms with E-state index in [9.17, 15) is 12.8 Å². The van der Waals surface area contributed by atoms with Gasteiger partial charge in [0.05, 0.1) is 10.6 Å². The number of sulfonamides is 1. The summed E-state index contributed by atoms with van der Waals surface area (Å²) < 4.78 is 39.7. The van der Waals surface area contributed by atoms with Crippen molar-refractivity contribution in [2.45, 2.75) is 4.90 Å². The molecule has 0 heterocycles. The van der Waals surface area contributed by atoms with Crippen LogP contribution >= 0.6 is 23.2 Å². The number of nitrogen functional groups attached to an aromatic ring is 1. The fraction of sp³-hybridized carbons (Fsp3) is 0. The molecular formula is C12H9Cl2FN2O2S. The average molecular weight is 335 g/mol. The molecule has 0 aromatic heterocycles. The minimum atomic E-state index is -3.93. The van der Waals surface area contributed by atoms with Gasteiger partial charge in [0.1, 0.15) is 5.82 Å². The molecule has 2 rings (SSSR count). The Hall–Kier alpha value is -1.50. The highest BCUT2D eigenvalue weighted by Gasteiger charge is 2.16. The van der Waals surface area contributed by atoms with Crippen LogP contribution in [-0.4, -0.2) is 8.42 Å². The number of rotatable bonds is 3. The molecule has 0 amide bonds. The summed E-state index contributed by atoms with van der Waals surface area (Å²) in [6.45, 7) is 0. The normalized spacial score (nSPS) is 11.3. The molecule has 8 heteroatoms. The topological polar surface area (TPSA) is 72.2 Å². The first-order valence-electron chi connectivity index (χ1n) is 5.31. The Morgan fingerprint density at radius 2 is 1.60 bits per heavy atom. The van der Waals surface area contributed by atoms with Gasteiger partial charge in [-0.25, -0.2) is 12.8 Å². The first-order chi connectivity index (χ1) is 9.26. The molecule has 2 aromatic rings. The van der Waals surface area contributed by atoms with Crippen molar-refractivity contribution in [2.24, 2.45) is 0 Å². The molecule has 4 nitrogen and oxygen atoms in total. The number of hydrogen-bond donors (Lipinski definition) is 2. The van der Waals surface area contributed by atoms with Gasteiger partial charge in [0.2, 0.25) is 0 Å². The second-order valence-corrected chi connectivity index (χ2v) is 6.54.